The van der Waals surface area contributed by atoms with Crippen LogP contribution in [0, 0.1) is 5.92 Å². The van der Waals surface area contributed by atoms with Gasteiger partial charge in [0.25, 0.3) is 5.91 Å². The Kier molecular flexibility index (Phi) is 11.0. The van der Waals surface area contributed by atoms with Crippen LogP contribution < -0.4 is 10.1 Å². The number of piperidine rings is 3. The number of carbonyl (C=O) groups excluding carboxylic acids is 2. The van der Waals surface area contributed by atoms with Crippen molar-refractivity contribution in [3.05, 3.63) is 137 Å². The first-order chi connectivity index (χ1) is 24.6. The van der Waals surface area contributed by atoms with Crippen LogP contribution in [0.1, 0.15) is 57.9 Å². The van der Waals surface area contributed by atoms with Crippen LogP contribution in [0.4, 0.5) is 4.79 Å². The number of nitrogens with zero attached hydrogens (tertiary/aromatic N) is 2. The molecule has 0 radical (unpaired) electrons. The number of benzene rings is 4. The van der Waals surface area contributed by atoms with E-state index in [0.29, 0.717) is 56.6 Å². The summed E-state index contributed by atoms with van der Waals surface area (Å²) in [6.45, 7) is 5.52. The van der Waals surface area contributed by atoms with E-state index in [2.05, 4.69) is 10.2 Å². The lowest BCUT2D eigenvalue weighted by atomic mass is 9.86. The van der Waals surface area contributed by atoms with E-state index in [1.807, 2.05) is 114 Å². The molecule has 4 saturated heterocycles. The van der Waals surface area contributed by atoms with Gasteiger partial charge in [0.05, 0.1) is 19.3 Å². The van der Waals surface area contributed by atoms with Gasteiger partial charge >= 0.3 is 6.09 Å². The number of alkyl carbamates (subject to hydrolysis) is 1. The minimum atomic E-state index is -0.402. The largest absolute Gasteiger partial charge is 0.489 e. The Labute approximate surface area is 294 Å². The normalized spacial score (nSPS) is 20.6. The number of rotatable bonds is 13. The molecule has 50 heavy (non-hydrogen) atoms. The summed E-state index contributed by atoms with van der Waals surface area (Å²) in [7, 11) is 0. The van der Waals surface area contributed by atoms with Gasteiger partial charge in [-0.2, -0.15) is 0 Å². The first kappa shape index (κ1) is 33.8. The van der Waals surface area contributed by atoms with Gasteiger partial charge in [0.15, 0.2) is 6.29 Å². The van der Waals surface area contributed by atoms with E-state index in [1.54, 1.807) is 0 Å². The second kappa shape index (κ2) is 16.3. The van der Waals surface area contributed by atoms with Gasteiger partial charge in [-0.15, -0.1) is 0 Å². The van der Waals surface area contributed by atoms with E-state index >= 15 is 0 Å². The first-order valence-corrected chi connectivity index (χ1v) is 17.7. The van der Waals surface area contributed by atoms with Crippen molar-refractivity contribution < 1.29 is 28.5 Å². The number of hydrogen-bond donors (Lipinski definition) is 1. The molecule has 4 aliphatic heterocycles. The highest BCUT2D eigenvalue weighted by molar-refractivity contribution is 5.94. The maximum Gasteiger partial charge on any atom is 0.408 e. The maximum absolute atomic E-state index is 13.7. The Morgan fingerprint density at radius 3 is 2.22 bits per heavy atom. The van der Waals surface area contributed by atoms with Crippen molar-refractivity contribution in [2.24, 2.45) is 5.92 Å². The Hall–Kier alpha value is -4.70. The van der Waals surface area contributed by atoms with E-state index in [9.17, 15) is 9.59 Å². The summed E-state index contributed by atoms with van der Waals surface area (Å²) >= 11 is 0. The van der Waals surface area contributed by atoms with E-state index in [1.165, 1.54) is 0 Å². The quantitative estimate of drug-likeness (QED) is 0.171. The summed E-state index contributed by atoms with van der Waals surface area (Å²) in [5, 5.41) is 3.14. The molecule has 0 saturated carbocycles. The van der Waals surface area contributed by atoms with E-state index in [4.69, 9.17) is 18.9 Å². The monoisotopic (exact) mass is 675 g/mol. The Morgan fingerprint density at radius 2 is 1.52 bits per heavy atom. The van der Waals surface area contributed by atoms with Gasteiger partial charge in [0.2, 0.25) is 0 Å². The fourth-order valence-electron chi connectivity index (χ4n) is 7.11. The SMILES string of the molecule is O=C(N[C@@H](c1ccccc1)c1cccc(OCc2ccc(C(=O)N(CCC3OCCO3)Cc3ccccc3)cc2)c1)O[C@H]1CN2CCC1CC2. The Morgan fingerprint density at radius 1 is 0.820 bits per heavy atom. The summed E-state index contributed by atoms with van der Waals surface area (Å²) in [5.41, 5.74) is 4.47. The first-order valence-electron chi connectivity index (χ1n) is 17.7. The Balaban J connectivity index is 0.989. The molecule has 260 valence electrons. The third-order valence-electron chi connectivity index (χ3n) is 9.88. The minimum Gasteiger partial charge on any atom is -0.489 e. The highest BCUT2D eigenvalue weighted by Gasteiger charge is 2.37. The van der Waals surface area contributed by atoms with Gasteiger partial charge in [-0.1, -0.05) is 84.9 Å². The van der Waals surface area contributed by atoms with Crippen LogP contribution in [0.3, 0.4) is 0 Å². The molecule has 0 aliphatic carbocycles. The number of hydrogen-bond acceptors (Lipinski definition) is 7. The molecule has 9 heteroatoms. The molecular weight excluding hydrogens is 630 g/mol. The van der Waals surface area contributed by atoms with Gasteiger partial charge in [0.1, 0.15) is 18.5 Å². The lowest BCUT2D eigenvalue weighted by Gasteiger charge is -2.43. The van der Waals surface area contributed by atoms with Crippen molar-refractivity contribution in [3.63, 3.8) is 0 Å². The second-order valence-corrected chi connectivity index (χ2v) is 13.3. The van der Waals surface area contributed by atoms with Gasteiger partial charge in [-0.05, 0) is 78.4 Å². The average Bonchev–Trinajstić information content (AvgIpc) is 3.70. The van der Waals surface area contributed by atoms with Gasteiger partial charge in [-0.3, -0.25) is 9.69 Å². The van der Waals surface area contributed by atoms with E-state index in [-0.39, 0.29) is 18.3 Å². The molecule has 4 aromatic carbocycles. The van der Waals surface area contributed by atoms with Crippen LogP contribution in [-0.2, 0) is 27.4 Å². The second-order valence-electron chi connectivity index (χ2n) is 13.3. The van der Waals surface area contributed by atoms with Gasteiger partial charge in [0, 0.05) is 31.6 Å². The summed E-state index contributed by atoms with van der Waals surface area (Å²) in [6.07, 6.45) is 2.03. The van der Waals surface area contributed by atoms with Crippen molar-refractivity contribution in [2.75, 3.05) is 39.4 Å². The molecule has 1 N–H and O–H groups in total. The molecule has 4 aliphatic rings. The van der Waals surface area contributed by atoms with Crippen molar-refractivity contribution >= 4 is 12.0 Å². The van der Waals surface area contributed by atoms with E-state index in [0.717, 1.165) is 54.7 Å². The molecule has 2 bridgehead atoms. The molecule has 8 rings (SSSR count). The highest BCUT2D eigenvalue weighted by Crippen LogP contribution is 2.31. The zero-order chi connectivity index (χ0) is 34.1. The topological polar surface area (TPSA) is 89.6 Å². The Bertz CT molecular complexity index is 1690. The van der Waals surface area contributed by atoms with Crippen molar-refractivity contribution in [1.29, 1.82) is 0 Å². The zero-order valence-electron chi connectivity index (χ0n) is 28.3. The number of fused-ring (bicyclic) bond motifs is 3. The molecule has 4 aromatic rings. The molecule has 4 fully saturated rings. The third kappa shape index (κ3) is 8.71. The lowest BCUT2D eigenvalue weighted by Crippen LogP contribution is -2.52. The average molecular weight is 676 g/mol. The predicted molar refractivity (Wildman–Crippen MR) is 190 cm³/mol. The van der Waals surface area contributed by atoms with Crippen LogP contribution in [0.5, 0.6) is 5.75 Å². The summed E-state index contributed by atoms with van der Waals surface area (Å²) in [6, 6.07) is 34.9. The number of nitrogens with one attached hydrogen (secondary N) is 1. The molecule has 0 spiro atoms. The minimum absolute atomic E-state index is 0.0431. The summed E-state index contributed by atoms with van der Waals surface area (Å²) in [4.78, 5) is 31.1. The van der Waals surface area contributed by atoms with Gasteiger partial charge in [-0.25, -0.2) is 4.79 Å². The highest BCUT2D eigenvalue weighted by atomic mass is 16.7. The lowest BCUT2D eigenvalue weighted by molar-refractivity contribution is -0.0505. The maximum atomic E-state index is 13.7. The summed E-state index contributed by atoms with van der Waals surface area (Å²) in [5.74, 6) is 1.07. The van der Waals surface area contributed by atoms with Crippen LogP contribution in [0.2, 0.25) is 0 Å². The number of amides is 2. The molecule has 2 atom stereocenters. The van der Waals surface area contributed by atoms with Crippen LogP contribution in [0.25, 0.3) is 0 Å². The molecule has 0 unspecified atom stereocenters. The smallest absolute Gasteiger partial charge is 0.408 e. The zero-order valence-corrected chi connectivity index (χ0v) is 28.3. The molecule has 4 heterocycles. The van der Waals surface area contributed by atoms with Crippen molar-refractivity contribution in [2.45, 2.75) is 50.8 Å². The molecule has 2 amide bonds. The predicted octanol–water partition coefficient (Wildman–Crippen LogP) is 6.58. The molecule has 9 nitrogen and oxygen atoms in total. The van der Waals surface area contributed by atoms with Crippen molar-refractivity contribution in [1.82, 2.24) is 15.1 Å². The third-order valence-corrected chi connectivity index (χ3v) is 9.88. The van der Waals surface area contributed by atoms with Crippen LogP contribution in [-0.4, -0.2) is 73.6 Å². The fourth-order valence-corrected chi connectivity index (χ4v) is 7.11. The van der Waals surface area contributed by atoms with Gasteiger partial charge < -0.3 is 29.2 Å². The summed E-state index contributed by atoms with van der Waals surface area (Å²) < 4.78 is 23.4. The molecule has 0 aromatic heterocycles. The standard InChI is InChI=1S/C41H45N3O6/c45-40(44(23-20-38-47-24-25-48-38)27-30-8-3-1-4-9-30)34-16-14-31(15-17-34)29-49-36-13-7-12-35(26-36)39(33-10-5-2-6-11-33)42-41(46)50-37-28-43-21-18-32(37)19-22-43/h1-17,26,32,37-39H,18-25,27-29H2,(H,42,46)/t37-,39-/m0/s1. The van der Waals surface area contributed by atoms with Crippen LogP contribution >= 0.6 is 0 Å². The number of ether oxygens (including phenoxy) is 4. The van der Waals surface area contributed by atoms with Crippen LogP contribution in [0.15, 0.2) is 109 Å². The molecular formula is C41H45N3O6. The fraction of sp³-hybridized carbons (Fsp3) is 0.366. The number of carbonyl (C=O) groups is 2. The van der Waals surface area contributed by atoms with Crippen molar-refractivity contribution in [3.8, 4) is 5.75 Å². The van der Waals surface area contributed by atoms with E-state index < -0.39 is 12.1 Å².